The van der Waals surface area contributed by atoms with Crippen LogP contribution in [0.2, 0.25) is 0 Å². The van der Waals surface area contributed by atoms with Gasteiger partial charge in [0.05, 0.1) is 24.2 Å². The number of fused-ring (bicyclic) bond motifs is 1. The van der Waals surface area contributed by atoms with E-state index in [2.05, 4.69) is 26.0 Å². The summed E-state index contributed by atoms with van der Waals surface area (Å²) in [6, 6.07) is 12.9. The summed E-state index contributed by atoms with van der Waals surface area (Å²) >= 11 is 3.39. The molecule has 0 atom stereocenters. The highest BCUT2D eigenvalue weighted by molar-refractivity contribution is 9.10. The van der Waals surface area contributed by atoms with Crippen molar-refractivity contribution in [1.29, 1.82) is 0 Å². The third kappa shape index (κ3) is 3.23. The van der Waals surface area contributed by atoms with Gasteiger partial charge in [-0.15, -0.1) is 0 Å². The van der Waals surface area contributed by atoms with Crippen molar-refractivity contribution in [3.05, 3.63) is 68.7 Å². The van der Waals surface area contributed by atoms with Gasteiger partial charge in [-0.2, -0.15) is 9.78 Å². The number of benzene rings is 2. The van der Waals surface area contributed by atoms with Crippen LogP contribution in [-0.4, -0.2) is 23.0 Å². The Bertz CT molecular complexity index is 980. The second-order valence-corrected chi connectivity index (χ2v) is 6.10. The van der Waals surface area contributed by atoms with Crippen LogP contribution in [0.4, 0.5) is 0 Å². The first-order valence-electron chi connectivity index (χ1n) is 7.52. The molecule has 0 N–H and O–H groups in total. The van der Waals surface area contributed by atoms with Gasteiger partial charge < -0.3 is 4.74 Å². The van der Waals surface area contributed by atoms with Crippen molar-refractivity contribution in [1.82, 2.24) is 9.66 Å². The number of hydrogen-bond acceptors (Lipinski definition) is 4. The van der Waals surface area contributed by atoms with Crippen molar-refractivity contribution < 1.29 is 4.74 Å². The Morgan fingerprint density at radius 1 is 1.29 bits per heavy atom. The van der Waals surface area contributed by atoms with E-state index >= 15 is 0 Å². The number of halogens is 1. The Kier molecular flexibility index (Phi) is 4.76. The van der Waals surface area contributed by atoms with Crippen molar-refractivity contribution in [2.75, 3.05) is 7.11 Å². The number of aryl methyl sites for hydroxylation is 1. The van der Waals surface area contributed by atoms with Crippen LogP contribution in [0.15, 0.2) is 56.8 Å². The normalized spacial score (nSPS) is 11.3. The largest absolute Gasteiger partial charge is 0.497 e. The van der Waals surface area contributed by atoms with E-state index in [1.807, 2.05) is 43.3 Å². The van der Waals surface area contributed by atoms with Gasteiger partial charge in [-0.05, 0) is 35.9 Å². The maximum Gasteiger partial charge on any atom is 0.282 e. The van der Waals surface area contributed by atoms with Gasteiger partial charge in [-0.25, -0.2) is 4.98 Å². The maximum atomic E-state index is 12.8. The minimum Gasteiger partial charge on any atom is -0.497 e. The van der Waals surface area contributed by atoms with Crippen LogP contribution in [0.1, 0.15) is 18.3 Å². The summed E-state index contributed by atoms with van der Waals surface area (Å²) in [4.78, 5) is 17.3. The number of aromatic nitrogens is 2. The van der Waals surface area contributed by atoms with E-state index in [0.717, 1.165) is 15.8 Å². The molecule has 0 spiro atoms. The van der Waals surface area contributed by atoms with Crippen LogP contribution in [0.5, 0.6) is 5.75 Å². The lowest BCUT2D eigenvalue weighted by atomic mass is 10.2. The second kappa shape index (κ2) is 6.97. The van der Waals surface area contributed by atoms with E-state index in [1.54, 1.807) is 19.4 Å². The third-order valence-electron chi connectivity index (χ3n) is 3.61. The number of rotatable bonds is 4. The lowest BCUT2D eigenvalue weighted by molar-refractivity contribution is 0.414. The summed E-state index contributed by atoms with van der Waals surface area (Å²) in [6.45, 7) is 1.95. The molecular formula is C18H16BrN3O2. The number of nitrogens with zero attached hydrogens (tertiary/aromatic N) is 3. The Morgan fingerprint density at radius 3 is 2.88 bits per heavy atom. The Morgan fingerprint density at radius 2 is 2.12 bits per heavy atom. The minimum absolute atomic E-state index is 0.183. The molecule has 0 aliphatic rings. The van der Waals surface area contributed by atoms with Gasteiger partial charge in [-0.3, -0.25) is 4.79 Å². The summed E-state index contributed by atoms with van der Waals surface area (Å²) in [5, 5.41) is 4.88. The van der Waals surface area contributed by atoms with Crippen LogP contribution < -0.4 is 10.3 Å². The molecule has 0 aliphatic heterocycles. The highest BCUT2D eigenvalue weighted by Gasteiger charge is 2.09. The SMILES string of the molecule is CCc1nc2ccc(Br)cc2c(=O)n1N=Cc1cccc(OC)c1. The van der Waals surface area contributed by atoms with Crippen LogP contribution in [0.3, 0.4) is 0 Å². The van der Waals surface area contributed by atoms with E-state index in [4.69, 9.17) is 4.74 Å². The molecule has 0 radical (unpaired) electrons. The zero-order chi connectivity index (χ0) is 17.1. The molecule has 5 nitrogen and oxygen atoms in total. The van der Waals surface area contributed by atoms with Crippen LogP contribution >= 0.6 is 15.9 Å². The fourth-order valence-electron chi connectivity index (χ4n) is 2.39. The summed E-state index contributed by atoms with van der Waals surface area (Å²) < 4.78 is 7.39. The zero-order valence-corrected chi connectivity index (χ0v) is 14.9. The van der Waals surface area contributed by atoms with Crippen molar-refractivity contribution in [2.45, 2.75) is 13.3 Å². The van der Waals surface area contributed by atoms with Gasteiger partial charge >= 0.3 is 0 Å². The molecule has 0 amide bonds. The third-order valence-corrected chi connectivity index (χ3v) is 4.10. The highest BCUT2D eigenvalue weighted by Crippen LogP contribution is 2.16. The molecule has 122 valence electrons. The van der Waals surface area contributed by atoms with Crippen molar-refractivity contribution in [3.63, 3.8) is 0 Å². The molecular weight excluding hydrogens is 370 g/mol. The number of hydrogen-bond donors (Lipinski definition) is 0. The zero-order valence-electron chi connectivity index (χ0n) is 13.4. The summed E-state index contributed by atoms with van der Waals surface area (Å²) in [7, 11) is 1.61. The molecule has 0 saturated carbocycles. The number of ether oxygens (including phenoxy) is 1. The molecule has 0 unspecified atom stereocenters. The Balaban J connectivity index is 2.12. The lowest BCUT2D eigenvalue weighted by Gasteiger charge is -2.07. The average molecular weight is 386 g/mol. The number of methoxy groups -OCH3 is 1. The first kappa shape index (κ1) is 16.4. The van der Waals surface area contributed by atoms with E-state index in [9.17, 15) is 4.79 Å². The smallest absolute Gasteiger partial charge is 0.282 e. The summed E-state index contributed by atoms with van der Waals surface area (Å²) in [5.41, 5.74) is 1.34. The molecule has 24 heavy (non-hydrogen) atoms. The van der Waals surface area contributed by atoms with E-state index in [0.29, 0.717) is 23.1 Å². The molecule has 0 bridgehead atoms. The van der Waals surface area contributed by atoms with Crippen LogP contribution in [0, 0.1) is 0 Å². The molecule has 6 heteroatoms. The molecule has 0 saturated heterocycles. The predicted octanol–water partition coefficient (Wildman–Crippen LogP) is 3.61. The standard InChI is InChI=1S/C18H16BrN3O2/c1-3-17-21-16-8-7-13(19)10-15(16)18(23)22(17)20-11-12-5-4-6-14(9-12)24-2/h4-11H,3H2,1-2H3. The predicted molar refractivity (Wildman–Crippen MR) is 99.1 cm³/mol. The molecule has 3 rings (SSSR count). The highest BCUT2D eigenvalue weighted by atomic mass is 79.9. The van der Waals surface area contributed by atoms with Gasteiger partial charge in [0.2, 0.25) is 0 Å². The van der Waals surface area contributed by atoms with E-state index in [1.165, 1.54) is 4.68 Å². The first-order chi connectivity index (χ1) is 11.6. The van der Waals surface area contributed by atoms with Crippen LogP contribution in [-0.2, 0) is 6.42 Å². The molecule has 2 aromatic carbocycles. The Hall–Kier alpha value is -2.47. The summed E-state index contributed by atoms with van der Waals surface area (Å²) in [5.74, 6) is 1.36. The lowest BCUT2D eigenvalue weighted by Crippen LogP contribution is -2.22. The molecule has 0 aliphatic carbocycles. The van der Waals surface area contributed by atoms with Gasteiger partial charge in [0, 0.05) is 10.9 Å². The second-order valence-electron chi connectivity index (χ2n) is 5.18. The average Bonchev–Trinajstić information content (AvgIpc) is 2.61. The monoisotopic (exact) mass is 385 g/mol. The van der Waals surface area contributed by atoms with Gasteiger partial charge in [0.1, 0.15) is 11.6 Å². The molecule has 0 fully saturated rings. The quantitative estimate of drug-likeness (QED) is 0.644. The minimum atomic E-state index is -0.183. The molecule has 1 heterocycles. The van der Waals surface area contributed by atoms with E-state index < -0.39 is 0 Å². The van der Waals surface area contributed by atoms with Crippen molar-refractivity contribution in [2.24, 2.45) is 5.10 Å². The van der Waals surface area contributed by atoms with Gasteiger partial charge in [0.25, 0.3) is 5.56 Å². The molecule has 1 aromatic heterocycles. The van der Waals surface area contributed by atoms with Crippen molar-refractivity contribution >= 4 is 33.0 Å². The first-order valence-corrected chi connectivity index (χ1v) is 8.31. The van der Waals surface area contributed by atoms with Gasteiger partial charge in [0.15, 0.2) is 0 Å². The Labute approximate surface area is 147 Å². The fourth-order valence-corrected chi connectivity index (χ4v) is 2.75. The van der Waals surface area contributed by atoms with Crippen molar-refractivity contribution in [3.8, 4) is 5.75 Å². The molecule has 3 aromatic rings. The fraction of sp³-hybridized carbons (Fsp3) is 0.167. The van der Waals surface area contributed by atoms with Crippen LogP contribution in [0.25, 0.3) is 10.9 Å². The van der Waals surface area contributed by atoms with Gasteiger partial charge in [-0.1, -0.05) is 35.0 Å². The maximum absolute atomic E-state index is 12.8. The summed E-state index contributed by atoms with van der Waals surface area (Å²) in [6.07, 6.45) is 2.24. The van der Waals surface area contributed by atoms with E-state index in [-0.39, 0.29) is 5.56 Å². The topological polar surface area (TPSA) is 56.5 Å².